The largest absolute Gasteiger partial charge is 0.362 e. The van der Waals surface area contributed by atoms with Crippen LogP contribution in [0, 0.1) is 56.9 Å². The lowest BCUT2D eigenvalue weighted by molar-refractivity contribution is -0.385. The van der Waals surface area contributed by atoms with Gasteiger partial charge in [0.05, 0.1) is 37.9 Å². The van der Waals surface area contributed by atoms with E-state index < -0.39 is 54.3 Å². The molecule has 26 nitrogen and oxygen atoms in total. The van der Waals surface area contributed by atoms with E-state index in [2.05, 4.69) is 0 Å². The quantitative estimate of drug-likeness (QED) is 0.0570. The van der Waals surface area contributed by atoms with E-state index in [9.17, 15) is 63.5 Å². The maximum atomic E-state index is 13.6. The molecule has 568 valence electrons. The molecule has 0 N–H and O–H groups in total. The number of likely N-dealkylation sites (N-methyl/N-ethyl adjacent to an activating group) is 1. The number of nitro groups is 3. The summed E-state index contributed by atoms with van der Waals surface area (Å²) in [6.45, 7) is 12.3. The van der Waals surface area contributed by atoms with E-state index in [1.807, 2.05) is 122 Å². The summed E-state index contributed by atoms with van der Waals surface area (Å²) >= 11 is 17.8. The molecular formula is C79H82Cl3FN14O12. The first-order valence-corrected chi connectivity index (χ1v) is 36.6. The zero-order valence-corrected chi connectivity index (χ0v) is 63.6. The van der Waals surface area contributed by atoms with Crippen molar-refractivity contribution in [2.24, 2.45) is 0 Å². The third-order valence-electron chi connectivity index (χ3n) is 19.6. The second-order valence-corrected chi connectivity index (χ2v) is 29.0. The van der Waals surface area contributed by atoms with Gasteiger partial charge in [0.1, 0.15) is 22.9 Å². The Morgan fingerprint density at radius 3 is 1.00 bits per heavy atom. The van der Waals surface area contributed by atoms with Crippen LogP contribution in [0.5, 0.6) is 0 Å². The summed E-state index contributed by atoms with van der Waals surface area (Å²) in [7, 11) is 7.69. The Bertz CT molecular complexity index is 5310. The number of pyridine rings is 3. The summed E-state index contributed by atoms with van der Waals surface area (Å²) in [6, 6.07) is 42.6. The molecule has 3 aromatic heterocycles. The molecule has 0 atom stereocenters. The van der Waals surface area contributed by atoms with Crippen LogP contribution in [0.25, 0.3) is 32.7 Å². The molecular weight excluding hydrogens is 1460 g/mol. The molecule has 7 aromatic carbocycles. The number of fused-ring (bicyclic) bond motifs is 3. The summed E-state index contributed by atoms with van der Waals surface area (Å²) in [5, 5.41) is 40.3. The van der Waals surface area contributed by atoms with Gasteiger partial charge in [0.2, 0.25) is 0 Å². The maximum Gasteiger partial charge on any atom is 0.357 e. The lowest BCUT2D eigenvalue weighted by Crippen LogP contribution is -2.49. The number of hydrogen-bond donors (Lipinski definition) is 0. The Labute approximate surface area is 641 Å². The lowest BCUT2D eigenvalue weighted by Gasteiger charge is -2.36. The molecule has 0 saturated carbocycles. The van der Waals surface area contributed by atoms with Crippen molar-refractivity contribution in [2.75, 3.05) is 135 Å². The molecule has 3 amide bonds. The molecule has 0 aliphatic carbocycles. The molecule has 13 rings (SSSR count). The molecule has 10 aromatic rings. The average molecular weight is 1540 g/mol. The van der Waals surface area contributed by atoms with Crippen LogP contribution < -0.4 is 31.4 Å². The number of hydrogen-bond acceptors (Lipinski definition) is 17. The van der Waals surface area contributed by atoms with Crippen LogP contribution >= 0.6 is 34.8 Å². The number of halogens is 4. The third kappa shape index (κ3) is 17.9. The number of nitrogens with zero attached hydrogens (tertiary/aromatic N) is 14. The topological polar surface area (TPSA) is 273 Å². The van der Waals surface area contributed by atoms with Crippen LogP contribution in [0.3, 0.4) is 0 Å². The minimum Gasteiger partial charge on any atom is -0.362 e. The van der Waals surface area contributed by atoms with E-state index >= 15 is 0 Å². The van der Waals surface area contributed by atoms with Crippen LogP contribution in [0.2, 0.25) is 15.1 Å². The van der Waals surface area contributed by atoms with E-state index in [0.717, 1.165) is 23.2 Å². The SMILES string of the molecule is Cc1ccc2c(c1)c(N1CCN(C(=O)c3ccc(Cl)cc3)CC1)c([N+](=O)[O-])c(=O)n2CCCN(C)C.Cc1ccc2c(c1)c(N1CCN(C(=O)c3ccc(Cl)cc3)CC1)c([N+](=O)[O-])c(=O)n2CCN(C)C.Cc1ccc2c(c1)c(N1CCN(C(=O)c3ccc(Cl)cc3)CC1)c([N+](=O)[O-])c(=O)n2Cc1ccc(F)cc1. The van der Waals surface area contributed by atoms with Gasteiger partial charge in [-0.15, -0.1) is 0 Å². The van der Waals surface area contributed by atoms with Crippen molar-refractivity contribution < 1.29 is 33.5 Å². The zero-order valence-electron chi connectivity index (χ0n) is 61.3. The molecule has 0 spiro atoms. The number of piperazine rings is 3. The van der Waals surface area contributed by atoms with E-state index in [1.54, 1.807) is 106 Å². The number of aromatic nitrogens is 3. The van der Waals surface area contributed by atoms with E-state index in [4.69, 9.17) is 34.8 Å². The fourth-order valence-corrected chi connectivity index (χ4v) is 14.4. The Kier molecular flexibility index (Phi) is 24.9. The van der Waals surface area contributed by atoms with E-state index in [1.165, 1.54) is 25.8 Å². The molecule has 0 radical (unpaired) electrons. The predicted octanol–water partition coefficient (Wildman–Crippen LogP) is 12.2. The van der Waals surface area contributed by atoms with Crippen molar-refractivity contribution in [1.29, 1.82) is 0 Å². The van der Waals surface area contributed by atoms with Gasteiger partial charge in [-0.1, -0.05) is 81.8 Å². The summed E-state index contributed by atoms with van der Waals surface area (Å²) in [4.78, 5) is 129. The molecule has 109 heavy (non-hydrogen) atoms. The maximum absolute atomic E-state index is 13.6. The molecule has 0 unspecified atom stereocenters. The smallest absolute Gasteiger partial charge is 0.357 e. The Morgan fingerprint density at radius 1 is 0.404 bits per heavy atom. The van der Waals surface area contributed by atoms with Gasteiger partial charge in [-0.05, 0) is 189 Å². The molecule has 3 fully saturated rings. The molecule has 6 heterocycles. The standard InChI is InChI=1S/C28H24ClFN4O4.C26H30ClN5O4.C25H28ClN5O4/c1-18-2-11-24-23(16-18)25(26(34(37)38)28(36)33(24)17-19-3-9-22(30)10-4-19)31-12-14-32(15-13-31)27(35)20-5-7-21(29)8-6-20;1-18-5-10-22-21(17-18)23(24(32(35)36)26(34)31(22)12-4-11-28(2)3)29-13-15-30(16-14-29)25(33)19-6-8-20(27)9-7-19;1-17-4-9-21-20(16-17)22(23(31(34)35)25(33)30(21)15-10-27(2)3)28-11-13-29(14-12-28)24(32)18-5-7-19(26)8-6-18/h2-11,16H,12-15,17H2,1H3;5-10,17H,4,11-16H2,1-3H3;4-9,16H,10-15H2,1-3H3. The van der Waals surface area contributed by atoms with E-state index in [-0.39, 0.29) is 30.0 Å². The molecule has 0 bridgehead atoms. The van der Waals surface area contributed by atoms with E-state index in [0.29, 0.717) is 186 Å². The van der Waals surface area contributed by atoms with Gasteiger partial charge >= 0.3 is 33.7 Å². The van der Waals surface area contributed by atoms with Crippen molar-refractivity contribution >= 4 is 119 Å². The van der Waals surface area contributed by atoms with Gasteiger partial charge in [0.25, 0.3) is 17.7 Å². The van der Waals surface area contributed by atoms with Gasteiger partial charge in [0.15, 0.2) is 0 Å². The molecule has 30 heteroatoms. The summed E-state index contributed by atoms with van der Waals surface area (Å²) in [6.07, 6.45) is 0.692. The van der Waals surface area contributed by atoms with Crippen molar-refractivity contribution in [1.82, 2.24) is 38.2 Å². The number of amides is 3. The monoisotopic (exact) mass is 1540 g/mol. The lowest BCUT2D eigenvalue weighted by atomic mass is 10.1. The average Bonchev–Trinajstić information content (AvgIpc) is 0.755. The number of carbonyl (C=O) groups is 3. The number of benzene rings is 7. The number of anilines is 3. The van der Waals surface area contributed by atoms with Gasteiger partial charge in [-0.2, -0.15) is 0 Å². The molecule has 3 aliphatic rings. The molecule has 3 aliphatic heterocycles. The second-order valence-electron chi connectivity index (χ2n) is 27.7. The van der Waals surface area contributed by atoms with Crippen LogP contribution in [0.1, 0.15) is 59.7 Å². The van der Waals surface area contributed by atoms with Crippen LogP contribution in [0.15, 0.2) is 166 Å². The molecule has 3 saturated heterocycles. The normalized spacial score (nSPS) is 13.9. The van der Waals surface area contributed by atoms with Crippen LogP contribution in [-0.4, -0.2) is 191 Å². The number of carbonyl (C=O) groups excluding carboxylic acids is 3. The fraction of sp³-hybridized carbons (Fsp3) is 0.316. The Morgan fingerprint density at radius 2 is 0.697 bits per heavy atom. The summed E-state index contributed by atoms with van der Waals surface area (Å²) in [5.41, 5.74) is 4.58. The first kappa shape index (κ1) is 79.0. The highest BCUT2D eigenvalue weighted by atomic mass is 35.5. The van der Waals surface area contributed by atoms with Gasteiger partial charge in [-0.3, -0.25) is 63.7 Å². The Balaban J connectivity index is 0.000000163. The zero-order chi connectivity index (χ0) is 78.2. The van der Waals surface area contributed by atoms with Crippen molar-refractivity contribution in [2.45, 2.75) is 46.8 Å². The van der Waals surface area contributed by atoms with Crippen LogP contribution in [-0.2, 0) is 19.6 Å². The minimum atomic E-state index is -0.731. The number of rotatable bonds is 18. The fourth-order valence-electron chi connectivity index (χ4n) is 14.0. The van der Waals surface area contributed by atoms with Crippen molar-refractivity contribution in [3.63, 3.8) is 0 Å². The first-order chi connectivity index (χ1) is 52.1. The van der Waals surface area contributed by atoms with Gasteiger partial charge < -0.3 is 48.3 Å². The minimum absolute atomic E-state index is 0.0587. The second kappa shape index (κ2) is 34.4. The highest BCUT2D eigenvalue weighted by molar-refractivity contribution is 6.31. The third-order valence-corrected chi connectivity index (χ3v) is 20.3. The van der Waals surface area contributed by atoms with Crippen LogP contribution in [0.4, 0.5) is 38.5 Å². The predicted molar refractivity (Wildman–Crippen MR) is 425 cm³/mol. The first-order valence-electron chi connectivity index (χ1n) is 35.4. The number of aryl methyl sites for hydroxylation is 4. The summed E-state index contributed by atoms with van der Waals surface area (Å²) in [5.74, 6) is -0.781. The van der Waals surface area contributed by atoms with Crippen molar-refractivity contribution in [3.05, 3.63) is 273 Å². The van der Waals surface area contributed by atoms with Crippen molar-refractivity contribution in [3.8, 4) is 0 Å². The summed E-state index contributed by atoms with van der Waals surface area (Å²) < 4.78 is 17.8. The highest BCUT2D eigenvalue weighted by Gasteiger charge is 2.37. The highest BCUT2D eigenvalue weighted by Crippen LogP contribution is 2.39. The van der Waals surface area contributed by atoms with Gasteiger partial charge in [-0.25, -0.2) is 4.39 Å². The van der Waals surface area contributed by atoms with Gasteiger partial charge in [0, 0.05) is 146 Å². The Hall–Kier alpha value is -11.1.